The zero-order chi connectivity index (χ0) is 19.7. The predicted molar refractivity (Wildman–Crippen MR) is 106 cm³/mol. The summed E-state index contributed by atoms with van der Waals surface area (Å²) in [6.45, 7) is 4.09. The van der Waals surface area contributed by atoms with Crippen LogP contribution in [0.4, 0.5) is 0 Å². The number of nitrogens with zero attached hydrogens (tertiary/aromatic N) is 1. The van der Waals surface area contributed by atoms with Crippen LogP contribution in [0.15, 0.2) is 12.1 Å². The maximum atomic E-state index is 13.0. The number of methoxy groups -OCH3 is 1. The molecular formula is C23H31NO4. The lowest BCUT2D eigenvalue weighted by Crippen LogP contribution is -2.68. The van der Waals surface area contributed by atoms with Gasteiger partial charge in [-0.15, -0.1) is 0 Å². The normalized spacial score (nSPS) is 35.7. The van der Waals surface area contributed by atoms with Crippen LogP contribution in [0.25, 0.3) is 0 Å². The van der Waals surface area contributed by atoms with E-state index >= 15 is 0 Å². The summed E-state index contributed by atoms with van der Waals surface area (Å²) in [5.74, 6) is 2.39. The summed E-state index contributed by atoms with van der Waals surface area (Å²) >= 11 is 0. The Morgan fingerprint density at radius 1 is 1.36 bits per heavy atom. The van der Waals surface area contributed by atoms with Gasteiger partial charge in [0, 0.05) is 18.5 Å². The number of carbonyl (C=O) groups excluding carboxylic acids is 1. The van der Waals surface area contributed by atoms with Crippen molar-refractivity contribution < 1.29 is 19.4 Å². The van der Waals surface area contributed by atoms with E-state index in [2.05, 4.69) is 24.9 Å². The number of hydrogen-bond donors (Lipinski definition) is 1. The summed E-state index contributed by atoms with van der Waals surface area (Å²) in [4.78, 5) is 15.4. The fourth-order valence-electron chi connectivity index (χ4n) is 6.20. The monoisotopic (exact) mass is 385 g/mol. The molecule has 3 aliphatic carbocycles. The van der Waals surface area contributed by atoms with Gasteiger partial charge in [-0.25, -0.2) is 0 Å². The van der Waals surface area contributed by atoms with Gasteiger partial charge in [-0.05, 0) is 69.2 Å². The van der Waals surface area contributed by atoms with Gasteiger partial charge in [0.1, 0.15) is 0 Å². The van der Waals surface area contributed by atoms with Gasteiger partial charge in [-0.3, -0.25) is 4.79 Å². The minimum atomic E-state index is -0.920. The number of ether oxygens (including phenoxy) is 2. The molecule has 2 fully saturated rings. The Morgan fingerprint density at radius 3 is 2.86 bits per heavy atom. The molecule has 1 aromatic rings. The summed E-state index contributed by atoms with van der Waals surface area (Å²) in [6.07, 6.45) is 4.50. The highest BCUT2D eigenvalue weighted by molar-refractivity contribution is 5.89. The van der Waals surface area contributed by atoms with E-state index < -0.39 is 17.1 Å². The molecule has 152 valence electrons. The average Bonchev–Trinajstić information content (AvgIpc) is 3.40. The minimum absolute atomic E-state index is 0.0901. The summed E-state index contributed by atoms with van der Waals surface area (Å²) in [5.41, 5.74) is 0.661. The van der Waals surface area contributed by atoms with E-state index in [1.807, 2.05) is 6.07 Å². The fourth-order valence-corrected chi connectivity index (χ4v) is 6.20. The first-order chi connectivity index (χ1) is 13.4. The first-order valence-corrected chi connectivity index (χ1v) is 10.7. The number of carbonyl (C=O) groups is 1. The van der Waals surface area contributed by atoms with Crippen LogP contribution in [-0.2, 0) is 16.6 Å². The molecule has 1 N–H and O–H groups in total. The maximum Gasteiger partial charge on any atom is 0.174 e. The zero-order valence-corrected chi connectivity index (χ0v) is 17.2. The molecule has 5 heteroatoms. The Labute approximate surface area is 167 Å². The molecule has 4 unspecified atom stereocenters. The van der Waals surface area contributed by atoms with E-state index in [0.29, 0.717) is 24.3 Å². The van der Waals surface area contributed by atoms with Crippen LogP contribution in [0.3, 0.4) is 0 Å². The second-order valence-electron chi connectivity index (χ2n) is 9.55. The zero-order valence-electron chi connectivity index (χ0n) is 17.2. The van der Waals surface area contributed by atoms with Crippen LogP contribution in [0, 0.1) is 11.8 Å². The van der Waals surface area contributed by atoms with Crippen molar-refractivity contribution in [1.82, 2.24) is 4.90 Å². The molecule has 0 saturated heterocycles. The van der Waals surface area contributed by atoms with E-state index in [4.69, 9.17) is 9.47 Å². The maximum absolute atomic E-state index is 13.0. The third kappa shape index (κ3) is 2.35. The fraction of sp³-hybridized carbons (Fsp3) is 0.696. The first kappa shape index (κ1) is 18.4. The standard InChI is InChI=1S/C23H31NO4/c1-14-12-16-6-7-18(27-3)20-19(16)22(10-11-24(2)13-15-4-5-15)21(28-20)17(25)8-9-23(14,22)26/h6-7,14-15,21,26H,4-5,8-13H2,1-3H3. The van der Waals surface area contributed by atoms with E-state index in [0.717, 1.165) is 37.4 Å². The summed E-state index contributed by atoms with van der Waals surface area (Å²) < 4.78 is 11.9. The number of hydrogen-bond acceptors (Lipinski definition) is 5. The molecule has 4 aliphatic rings. The molecule has 0 bridgehead atoms. The summed E-state index contributed by atoms with van der Waals surface area (Å²) in [7, 11) is 3.80. The molecule has 0 aromatic heterocycles. The lowest BCUT2D eigenvalue weighted by atomic mass is 9.49. The lowest BCUT2D eigenvalue weighted by Gasteiger charge is -2.56. The van der Waals surface area contributed by atoms with Gasteiger partial charge < -0.3 is 19.5 Å². The third-order valence-corrected chi connectivity index (χ3v) is 7.87. The predicted octanol–water partition coefficient (Wildman–Crippen LogP) is 2.71. The van der Waals surface area contributed by atoms with Crippen LogP contribution in [0.2, 0.25) is 0 Å². The quantitative estimate of drug-likeness (QED) is 0.816. The van der Waals surface area contributed by atoms with Crippen molar-refractivity contribution in [2.24, 2.45) is 11.8 Å². The van der Waals surface area contributed by atoms with E-state index in [-0.39, 0.29) is 11.7 Å². The first-order valence-electron chi connectivity index (χ1n) is 10.7. The molecule has 1 aliphatic heterocycles. The number of Topliss-reactive ketones (excluding diaryl/α,β-unsaturated/α-hetero) is 1. The van der Waals surface area contributed by atoms with Gasteiger partial charge in [0.25, 0.3) is 0 Å². The molecule has 5 rings (SSSR count). The van der Waals surface area contributed by atoms with Gasteiger partial charge in [-0.2, -0.15) is 0 Å². The molecule has 5 nitrogen and oxygen atoms in total. The largest absolute Gasteiger partial charge is 0.493 e. The van der Waals surface area contributed by atoms with E-state index in [9.17, 15) is 9.90 Å². The second-order valence-corrected chi connectivity index (χ2v) is 9.55. The average molecular weight is 386 g/mol. The SMILES string of the molecule is COc1ccc2c3c1OC1C(=O)CCC(O)(C(C)C2)C31CCN(C)CC1CC1. The Morgan fingerprint density at radius 2 is 2.14 bits per heavy atom. The number of ketones is 1. The van der Waals surface area contributed by atoms with Crippen LogP contribution in [0.5, 0.6) is 11.5 Å². The molecule has 0 radical (unpaired) electrons. The number of aliphatic hydroxyl groups is 1. The van der Waals surface area contributed by atoms with E-state index in [1.54, 1.807) is 7.11 Å². The molecular weight excluding hydrogens is 354 g/mol. The Hall–Kier alpha value is -1.59. The van der Waals surface area contributed by atoms with Crippen LogP contribution in [0.1, 0.15) is 50.2 Å². The van der Waals surface area contributed by atoms with Gasteiger partial charge in [-0.1, -0.05) is 13.0 Å². The summed E-state index contributed by atoms with van der Waals surface area (Å²) in [5, 5.41) is 12.1. The van der Waals surface area contributed by atoms with Gasteiger partial charge in [0.15, 0.2) is 23.4 Å². The Bertz CT molecular complexity index is 819. The number of benzene rings is 1. The molecule has 1 heterocycles. The molecule has 4 atom stereocenters. The number of rotatable bonds is 6. The van der Waals surface area contributed by atoms with Crippen molar-refractivity contribution in [2.75, 3.05) is 27.2 Å². The van der Waals surface area contributed by atoms with Crippen LogP contribution >= 0.6 is 0 Å². The van der Waals surface area contributed by atoms with Crippen LogP contribution in [-0.4, -0.2) is 54.7 Å². The van der Waals surface area contributed by atoms with Crippen molar-refractivity contribution in [1.29, 1.82) is 0 Å². The molecule has 0 spiro atoms. The van der Waals surface area contributed by atoms with Crippen molar-refractivity contribution in [3.8, 4) is 11.5 Å². The van der Waals surface area contributed by atoms with Crippen molar-refractivity contribution >= 4 is 5.78 Å². The minimum Gasteiger partial charge on any atom is -0.493 e. The highest BCUT2D eigenvalue weighted by atomic mass is 16.5. The molecule has 0 amide bonds. The van der Waals surface area contributed by atoms with Crippen molar-refractivity contribution in [2.45, 2.75) is 62.6 Å². The van der Waals surface area contributed by atoms with E-state index in [1.165, 1.54) is 18.4 Å². The highest BCUT2D eigenvalue weighted by Crippen LogP contribution is 2.63. The smallest absolute Gasteiger partial charge is 0.174 e. The van der Waals surface area contributed by atoms with Crippen LogP contribution < -0.4 is 9.47 Å². The highest BCUT2D eigenvalue weighted by Gasteiger charge is 2.69. The second kappa shape index (κ2) is 6.20. The summed E-state index contributed by atoms with van der Waals surface area (Å²) in [6, 6.07) is 4.05. The van der Waals surface area contributed by atoms with Gasteiger partial charge in [0.2, 0.25) is 0 Å². The Balaban J connectivity index is 1.63. The van der Waals surface area contributed by atoms with Gasteiger partial charge >= 0.3 is 0 Å². The van der Waals surface area contributed by atoms with Gasteiger partial charge in [0.05, 0.1) is 18.1 Å². The third-order valence-electron chi connectivity index (χ3n) is 7.87. The molecule has 28 heavy (non-hydrogen) atoms. The van der Waals surface area contributed by atoms with Crippen molar-refractivity contribution in [3.05, 3.63) is 23.3 Å². The Kier molecular flexibility index (Phi) is 4.08. The lowest BCUT2D eigenvalue weighted by molar-refractivity contribution is -0.165. The van der Waals surface area contributed by atoms with Crippen molar-refractivity contribution in [3.63, 3.8) is 0 Å². The molecule has 1 aromatic carbocycles. The topological polar surface area (TPSA) is 59.0 Å². The molecule has 2 saturated carbocycles.